The Morgan fingerprint density at radius 3 is 2.74 bits per heavy atom. The number of nitrogens with zero attached hydrogens (tertiary/aromatic N) is 3. The Kier molecular flexibility index (Phi) is 3.93. The van der Waals surface area contributed by atoms with Gasteiger partial charge in [-0.2, -0.15) is 0 Å². The van der Waals surface area contributed by atoms with Crippen molar-refractivity contribution in [1.29, 1.82) is 0 Å². The number of nitro groups is 1. The summed E-state index contributed by atoms with van der Waals surface area (Å²) in [5, 5.41) is 12.8. The lowest BCUT2D eigenvalue weighted by molar-refractivity contribution is -0.380. The van der Waals surface area contributed by atoms with E-state index in [1.165, 1.54) is 12.1 Å². The summed E-state index contributed by atoms with van der Waals surface area (Å²) in [7, 11) is 0. The molecule has 19 heavy (non-hydrogen) atoms. The molecule has 0 atom stereocenters. The SMILES string of the molecule is O=C(Nc1ncnc(Cl)c1Cl)c1ccc([N+](=O)[O-])s1. The van der Waals surface area contributed by atoms with Gasteiger partial charge >= 0.3 is 5.00 Å². The summed E-state index contributed by atoms with van der Waals surface area (Å²) in [6.07, 6.45) is 1.14. The van der Waals surface area contributed by atoms with Gasteiger partial charge in [0.05, 0.1) is 9.80 Å². The second kappa shape index (κ2) is 5.47. The van der Waals surface area contributed by atoms with Crippen LogP contribution >= 0.6 is 34.5 Å². The molecule has 2 rings (SSSR count). The number of carbonyl (C=O) groups excluding carboxylic acids is 1. The minimum Gasteiger partial charge on any atom is -0.304 e. The van der Waals surface area contributed by atoms with E-state index in [2.05, 4.69) is 15.3 Å². The first-order chi connectivity index (χ1) is 8.99. The Morgan fingerprint density at radius 1 is 1.37 bits per heavy atom. The normalized spacial score (nSPS) is 10.2. The third-order valence-corrected chi connectivity index (χ3v) is 3.75. The minimum absolute atomic E-state index is 0.00331. The standard InChI is InChI=1S/C9H4Cl2N4O3S/c10-6-7(11)12-3-13-8(6)14-9(16)4-1-2-5(19-4)15(17)18/h1-3H,(H,12,13,14,16). The molecule has 0 bridgehead atoms. The van der Waals surface area contributed by atoms with Crippen molar-refractivity contribution in [2.45, 2.75) is 0 Å². The number of hydrogen-bond acceptors (Lipinski definition) is 6. The zero-order valence-electron chi connectivity index (χ0n) is 8.96. The third kappa shape index (κ3) is 2.98. The van der Waals surface area contributed by atoms with Crippen molar-refractivity contribution < 1.29 is 9.72 Å². The van der Waals surface area contributed by atoms with E-state index in [-0.39, 0.29) is 25.9 Å². The molecule has 98 valence electrons. The van der Waals surface area contributed by atoms with Crippen molar-refractivity contribution in [3.8, 4) is 0 Å². The van der Waals surface area contributed by atoms with Crippen LogP contribution in [0.2, 0.25) is 10.2 Å². The van der Waals surface area contributed by atoms with E-state index in [4.69, 9.17) is 23.2 Å². The molecule has 0 spiro atoms. The van der Waals surface area contributed by atoms with Gasteiger partial charge in [-0.3, -0.25) is 14.9 Å². The molecule has 0 fully saturated rings. The first-order valence-corrected chi connectivity index (χ1v) is 6.28. The van der Waals surface area contributed by atoms with Crippen molar-refractivity contribution in [3.63, 3.8) is 0 Å². The molecule has 0 aliphatic heterocycles. The zero-order valence-corrected chi connectivity index (χ0v) is 11.3. The number of rotatable bonds is 3. The number of anilines is 1. The molecular weight excluding hydrogens is 315 g/mol. The van der Waals surface area contributed by atoms with E-state index >= 15 is 0 Å². The molecule has 2 aromatic heterocycles. The Balaban J connectivity index is 2.21. The van der Waals surface area contributed by atoms with E-state index < -0.39 is 10.8 Å². The lowest BCUT2D eigenvalue weighted by Gasteiger charge is -2.04. The monoisotopic (exact) mass is 318 g/mol. The Hall–Kier alpha value is -1.77. The summed E-state index contributed by atoms with van der Waals surface area (Å²) in [5.74, 6) is -0.516. The van der Waals surface area contributed by atoms with Gasteiger partial charge in [0.15, 0.2) is 11.0 Å². The summed E-state index contributed by atoms with van der Waals surface area (Å²) in [6, 6.07) is 2.59. The van der Waals surface area contributed by atoms with Crippen molar-refractivity contribution in [2.24, 2.45) is 0 Å². The van der Waals surface area contributed by atoms with Crippen LogP contribution in [0.5, 0.6) is 0 Å². The Bertz CT molecular complexity index is 661. The van der Waals surface area contributed by atoms with Gasteiger partial charge in [0.2, 0.25) is 0 Å². The average molecular weight is 319 g/mol. The zero-order chi connectivity index (χ0) is 14.0. The fourth-order valence-corrected chi connectivity index (χ4v) is 2.15. The molecule has 0 aliphatic carbocycles. The summed E-state index contributed by atoms with van der Waals surface area (Å²) >= 11 is 12.2. The van der Waals surface area contributed by atoms with E-state index in [0.717, 1.165) is 17.7 Å². The highest BCUT2D eigenvalue weighted by molar-refractivity contribution is 7.17. The molecule has 0 aromatic carbocycles. The van der Waals surface area contributed by atoms with Crippen LogP contribution < -0.4 is 5.32 Å². The van der Waals surface area contributed by atoms with Crippen molar-refractivity contribution in [2.75, 3.05) is 5.32 Å². The van der Waals surface area contributed by atoms with Crippen LogP contribution in [-0.4, -0.2) is 20.8 Å². The molecule has 10 heteroatoms. The Morgan fingerprint density at radius 2 is 2.11 bits per heavy atom. The van der Waals surface area contributed by atoms with Crippen LogP contribution in [0.4, 0.5) is 10.8 Å². The van der Waals surface area contributed by atoms with Gasteiger partial charge in [0.25, 0.3) is 5.91 Å². The van der Waals surface area contributed by atoms with Crippen molar-refractivity contribution in [3.05, 3.63) is 43.6 Å². The highest BCUT2D eigenvalue weighted by Crippen LogP contribution is 2.28. The van der Waals surface area contributed by atoms with Crippen molar-refractivity contribution in [1.82, 2.24) is 9.97 Å². The molecule has 0 aliphatic rings. The van der Waals surface area contributed by atoms with E-state index in [9.17, 15) is 14.9 Å². The van der Waals surface area contributed by atoms with E-state index in [1.807, 2.05) is 0 Å². The topological polar surface area (TPSA) is 98.0 Å². The Labute approximate surface area is 120 Å². The molecule has 1 N–H and O–H groups in total. The number of hydrogen-bond donors (Lipinski definition) is 1. The molecule has 0 saturated heterocycles. The molecule has 7 nitrogen and oxygen atoms in total. The maximum atomic E-state index is 11.8. The molecule has 1 amide bonds. The molecule has 0 unspecified atom stereocenters. The van der Waals surface area contributed by atoms with E-state index in [0.29, 0.717) is 0 Å². The van der Waals surface area contributed by atoms with Gasteiger partial charge in [-0.05, 0) is 6.07 Å². The minimum atomic E-state index is -0.573. The second-order valence-electron chi connectivity index (χ2n) is 3.18. The van der Waals surface area contributed by atoms with Crippen LogP contribution in [0.25, 0.3) is 0 Å². The fourth-order valence-electron chi connectivity index (χ4n) is 1.15. The van der Waals surface area contributed by atoms with Crippen LogP contribution in [0.15, 0.2) is 18.5 Å². The first kappa shape index (κ1) is 13.7. The lowest BCUT2D eigenvalue weighted by atomic mass is 10.4. The first-order valence-electron chi connectivity index (χ1n) is 4.70. The van der Waals surface area contributed by atoms with Gasteiger partial charge in [0, 0.05) is 6.07 Å². The summed E-state index contributed by atoms with van der Waals surface area (Å²) < 4.78 is 0. The van der Waals surface area contributed by atoms with Crippen LogP contribution in [0.3, 0.4) is 0 Å². The molecule has 0 saturated carbocycles. The number of halogens is 2. The van der Waals surface area contributed by atoms with E-state index in [1.54, 1.807) is 0 Å². The highest BCUT2D eigenvalue weighted by atomic mass is 35.5. The maximum absolute atomic E-state index is 11.8. The fraction of sp³-hybridized carbons (Fsp3) is 0. The number of amides is 1. The molecule has 0 radical (unpaired) electrons. The van der Waals surface area contributed by atoms with Gasteiger partial charge in [-0.25, -0.2) is 9.97 Å². The maximum Gasteiger partial charge on any atom is 0.324 e. The molecular formula is C9H4Cl2N4O3S. The van der Waals surface area contributed by atoms with Crippen LogP contribution in [0, 0.1) is 10.1 Å². The quantitative estimate of drug-likeness (QED) is 0.533. The largest absolute Gasteiger partial charge is 0.324 e. The molecule has 2 aromatic rings. The predicted octanol–water partition coefficient (Wildman–Crippen LogP) is 3.01. The number of thiophene rings is 1. The summed E-state index contributed by atoms with van der Waals surface area (Å²) in [4.78, 5) is 29.3. The van der Waals surface area contributed by atoms with Crippen molar-refractivity contribution >= 4 is 51.3 Å². The number of nitrogens with one attached hydrogen (secondary N) is 1. The van der Waals surface area contributed by atoms with Gasteiger partial charge in [-0.1, -0.05) is 34.5 Å². The molecule has 2 heterocycles. The predicted molar refractivity (Wildman–Crippen MR) is 71.0 cm³/mol. The second-order valence-corrected chi connectivity index (χ2v) is 4.97. The average Bonchev–Trinajstić information content (AvgIpc) is 2.84. The third-order valence-electron chi connectivity index (χ3n) is 1.97. The lowest BCUT2D eigenvalue weighted by Crippen LogP contribution is -2.12. The summed E-state index contributed by atoms with van der Waals surface area (Å²) in [5.41, 5.74) is 0. The van der Waals surface area contributed by atoms with Gasteiger partial charge in [-0.15, -0.1) is 0 Å². The van der Waals surface area contributed by atoms with Gasteiger partial charge < -0.3 is 5.32 Å². The van der Waals surface area contributed by atoms with Gasteiger partial charge in [0.1, 0.15) is 11.3 Å². The highest BCUT2D eigenvalue weighted by Gasteiger charge is 2.17. The van der Waals surface area contributed by atoms with Crippen LogP contribution in [0.1, 0.15) is 9.67 Å². The number of carbonyl (C=O) groups is 1. The number of aromatic nitrogens is 2. The van der Waals surface area contributed by atoms with Crippen LogP contribution in [-0.2, 0) is 0 Å². The summed E-state index contributed by atoms with van der Waals surface area (Å²) in [6.45, 7) is 0. The smallest absolute Gasteiger partial charge is 0.304 e.